The summed E-state index contributed by atoms with van der Waals surface area (Å²) in [6.45, 7) is 0. The molecule has 1 amide bonds. The molecule has 0 spiro atoms. The molecule has 0 unspecified atom stereocenters. The van der Waals surface area contributed by atoms with Gasteiger partial charge in [-0.2, -0.15) is 0 Å². The SMILES string of the molecule is O=C1/C(=C/c2ccc([N+](=O)[O-])o2)SC(=S)N1c1ccc(Br)c2cccnc12. The number of amides is 1. The first-order valence-electron chi connectivity index (χ1n) is 7.51. The Morgan fingerprint density at radius 2 is 2.11 bits per heavy atom. The zero-order valence-electron chi connectivity index (χ0n) is 13.3. The van der Waals surface area contributed by atoms with Crippen LogP contribution in [0.3, 0.4) is 0 Å². The molecule has 27 heavy (non-hydrogen) atoms. The van der Waals surface area contributed by atoms with Crippen molar-refractivity contribution in [2.24, 2.45) is 0 Å². The summed E-state index contributed by atoms with van der Waals surface area (Å²) < 4.78 is 6.30. The fourth-order valence-electron chi connectivity index (χ4n) is 2.63. The van der Waals surface area contributed by atoms with Crippen molar-refractivity contribution < 1.29 is 14.1 Å². The van der Waals surface area contributed by atoms with E-state index in [9.17, 15) is 14.9 Å². The van der Waals surface area contributed by atoms with E-state index in [2.05, 4.69) is 20.9 Å². The van der Waals surface area contributed by atoms with Crippen molar-refractivity contribution in [2.75, 3.05) is 4.90 Å². The van der Waals surface area contributed by atoms with E-state index < -0.39 is 4.92 Å². The number of anilines is 1. The Balaban J connectivity index is 1.75. The topological polar surface area (TPSA) is 89.5 Å². The van der Waals surface area contributed by atoms with Gasteiger partial charge in [0.15, 0.2) is 4.32 Å². The molecule has 1 aliphatic rings. The van der Waals surface area contributed by atoms with Gasteiger partial charge in [-0.3, -0.25) is 24.8 Å². The molecule has 7 nitrogen and oxygen atoms in total. The molecule has 3 aromatic rings. The predicted octanol–water partition coefficient (Wildman–Crippen LogP) is 4.90. The number of furan rings is 1. The first-order chi connectivity index (χ1) is 13.0. The van der Waals surface area contributed by atoms with Crippen molar-refractivity contribution in [1.82, 2.24) is 4.98 Å². The molecule has 10 heteroatoms. The summed E-state index contributed by atoms with van der Waals surface area (Å²) in [5.74, 6) is -0.515. The molecule has 0 aliphatic carbocycles. The van der Waals surface area contributed by atoms with Gasteiger partial charge in [-0.15, -0.1) is 0 Å². The van der Waals surface area contributed by atoms with Gasteiger partial charge in [-0.25, -0.2) is 0 Å². The molecule has 2 aromatic heterocycles. The van der Waals surface area contributed by atoms with E-state index in [1.54, 1.807) is 12.3 Å². The summed E-state index contributed by atoms with van der Waals surface area (Å²) in [6, 6.07) is 9.97. The first kappa shape index (κ1) is 17.8. The van der Waals surface area contributed by atoms with Gasteiger partial charge >= 0.3 is 5.88 Å². The maximum absolute atomic E-state index is 12.9. The number of nitrogens with zero attached hydrogens (tertiary/aromatic N) is 3. The largest absolute Gasteiger partial charge is 0.433 e. The number of aromatic nitrogens is 1. The van der Waals surface area contributed by atoms with E-state index >= 15 is 0 Å². The third-order valence-electron chi connectivity index (χ3n) is 3.80. The summed E-state index contributed by atoms with van der Waals surface area (Å²) in [5, 5.41) is 11.6. The smallest absolute Gasteiger partial charge is 0.401 e. The molecule has 1 saturated heterocycles. The lowest BCUT2D eigenvalue weighted by molar-refractivity contribution is -0.402. The normalized spacial score (nSPS) is 15.9. The van der Waals surface area contributed by atoms with Crippen LogP contribution in [-0.2, 0) is 4.79 Å². The molecule has 3 heterocycles. The van der Waals surface area contributed by atoms with E-state index in [0.717, 1.165) is 21.6 Å². The van der Waals surface area contributed by atoms with Gasteiger partial charge in [0, 0.05) is 22.1 Å². The molecule has 1 aliphatic heterocycles. The number of nitro groups is 1. The predicted molar refractivity (Wildman–Crippen MR) is 110 cm³/mol. The van der Waals surface area contributed by atoms with Crippen molar-refractivity contribution in [2.45, 2.75) is 0 Å². The van der Waals surface area contributed by atoms with E-state index in [4.69, 9.17) is 16.6 Å². The Morgan fingerprint density at radius 1 is 1.30 bits per heavy atom. The lowest BCUT2D eigenvalue weighted by Crippen LogP contribution is -2.27. The van der Waals surface area contributed by atoms with E-state index in [1.165, 1.54) is 23.1 Å². The zero-order valence-corrected chi connectivity index (χ0v) is 16.5. The van der Waals surface area contributed by atoms with E-state index in [0.29, 0.717) is 20.4 Å². The van der Waals surface area contributed by atoms with Crippen LogP contribution in [0.25, 0.3) is 17.0 Å². The number of carbonyl (C=O) groups excluding carboxylic acids is 1. The second-order valence-electron chi connectivity index (χ2n) is 5.42. The van der Waals surface area contributed by atoms with Gasteiger partial charge in [0.2, 0.25) is 0 Å². The zero-order chi connectivity index (χ0) is 19.1. The number of thioether (sulfide) groups is 1. The first-order valence-corrected chi connectivity index (χ1v) is 9.53. The monoisotopic (exact) mass is 461 g/mol. The number of hydrogen-bond donors (Lipinski definition) is 0. The molecule has 1 aromatic carbocycles. The Hall–Kier alpha value is -2.56. The Bertz CT molecular complexity index is 1160. The average molecular weight is 462 g/mol. The second kappa shape index (κ2) is 6.87. The molecular formula is C17H8BrN3O4S2. The Morgan fingerprint density at radius 3 is 2.85 bits per heavy atom. The van der Waals surface area contributed by atoms with Crippen molar-refractivity contribution >= 4 is 78.7 Å². The molecule has 0 atom stereocenters. The summed E-state index contributed by atoms with van der Waals surface area (Å²) in [6.07, 6.45) is 3.09. The lowest BCUT2D eigenvalue weighted by Gasteiger charge is -2.16. The van der Waals surface area contributed by atoms with E-state index in [-0.39, 0.29) is 17.6 Å². The fourth-order valence-corrected chi connectivity index (χ4v) is 4.34. The van der Waals surface area contributed by atoms with Crippen molar-refractivity contribution in [1.29, 1.82) is 0 Å². The summed E-state index contributed by atoms with van der Waals surface area (Å²) in [4.78, 5) is 29.1. The highest BCUT2D eigenvalue weighted by molar-refractivity contribution is 9.10. The highest BCUT2D eigenvalue weighted by Gasteiger charge is 2.35. The van der Waals surface area contributed by atoms with Crippen molar-refractivity contribution in [3.8, 4) is 0 Å². The van der Waals surface area contributed by atoms with Gasteiger partial charge in [0.1, 0.15) is 10.7 Å². The molecule has 1 fully saturated rings. The quantitative estimate of drug-likeness (QED) is 0.237. The van der Waals surface area contributed by atoms with Gasteiger partial charge in [-0.05, 0) is 24.3 Å². The standard InChI is InChI=1S/C17H8BrN3O4S2/c18-11-4-5-12(15-10(11)2-1-7-19-15)20-16(22)13(27-17(20)26)8-9-3-6-14(25-9)21(23)24/h1-8H/b13-8-. The van der Waals surface area contributed by atoms with Gasteiger partial charge in [-0.1, -0.05) is 46.0 Å². The molecular weight excluding hydrogens is 454 g/mol. The van der Waals surface area contributed by atoms with Crippen LogP contribution >= 0.6 is 39.9 Å². The number of fused-ring (bicyclic) bond motifs is 1. The highest BCUT2D eigenvalue weighted by atomic mass is 79.9. The van der Waals surface area contributed by atoms with Crippen LogP contribution in [0, 0.1) is 10.1 Å². The number of thiocarbonyl (C=S) groups is 1. The van der Waals surface area contributed by atoms with Crippen LogP contribution in [0.2, 0.25) is 0 Å². The number of pyridine rings is 1. The van der Waals surface area contributed by atoms with E-state index in [1.807, 2.05) is 18.2 Å². The highest BCUT2D eigenvalue weighted by Crippen LogP contribution is 2.40. The lowest BCUT2D eigenvalue weighted by atomic mass is 10.2. The van der Waals surface area contributed by atoms with Crippen LogP contribution in [0.5, 0.6) is 0 Å². The van der Waals surface area contributed by atoms with Crippen molar-refractivity contribution in [3.05, 3.63) is 67.8 Å². The number of rotatable bonds is 3. The third-order valence-corrected chi connectivity index (χ3v) is 5.79. The fraction of sp³-hybridized carbons (Fsp3) is 0. The second-order valence-corrected chi connectivity index (χ2v) is 7.95. The van der Waals surface area contributed by atoms with Gasteiger partial charge < -0.3 is 4.42 Å². The Labute approximate surface area is 170 Å². The summed E-state index contributed by atoms with van der Waals surface area (Å²) >= 11 is 9.97. The number of hydrogen-bond acceptors (Lipinski definition) is 7. The Kier molecular flexibility index (Phi) is 4.54. The minimum Gasteiger partial charge on any atom is -0.401 e. The minimum absolute atomic E-state index is 0.209. The third kappa shape index (κ3) is 3.15. The van der Waals surface area contributed by atoms with Crippen molar-refractivity contribution in [3.63, 3.8) is 0 Å². The molecule has 0 radical (unpaired) electrons. The average Bonchev–Trinajstić information content (AvgIpc) is 3.22. The van der Waals surface area contributed by atoms with Crippen LogP contribution in [0.1, 0.15) is 5.76 Å². The van der Waals surface area contributed by atoms with Crippen LogP contribution < -0.4 is 4.90 Å². The number of benzene rings is 1. The molecule has 4 rings (SSSR count). The summed E-state index contributed by atoms with van der Waals surface area (Å²) in [7, 11) is 0. The number of carbonyl (C=O) groups is 1. The molecule has 0 saturated carbocycles. The molecule has 0 bridgehead atoms. The minimum atomic E-state index is -0.637. The maximum atomic E-state index is 12.9. The molecule has 134 valence electrons. The maximum Gasteiger partial charge on any atom is 0.433 e. The van der Waals surface area contributed by atoms with Gasteiger partial charge in [0.05, 0.1) is 22.2 Å². The van der Waals surface area contributed by atoms with Gasteiger partial charge in [0.25, 0.3) is 5.91 Å². The van der Waals surface area contributed by atoms with Crippen LogP contribution in [0.4, 0.5) is 11.6 Å². The number of halogens is 1. The van der Waals surface area contributed by atoms with Crippen LogP contribution in [-0.4, -0.2) is 20.1 Å². The summed E-state index contributed by atoms with van der Waals surface area (Å²) in [5.41, 5.74) is 1.21. The van der Waals surface area contributed by atoms with Crippen LogP contribution in [0.15, 0.2) is 56.4 Å². The molecule has 0 N–H and O–H groups in total.